The van der Waals surface area contributed by atoms with Crippen LogP contribution in [0.3, 0.4) is 0 Å². The SMILES string of the molecule is CC(CO)CCN(C)C(=O)OC(C)(C)C. The van der Waals surface area contributed by atoms with Crippen LogP contribution in [0.1, 0.15) is 34.1 Å². The summed E-state index contributed by atoms with van der Waals surface area (Å²) in [6.45, 7) is 8.24. The number of aliphatic hydroxyl groups excluding tert-OH is 1. The minimum absolute atomic E-state index is 0.155. The second-order valence-corrected chi connectivity index (χ2v) is 4.98. The van der Waals surface area contributed by atoms with Gasteiger partial charge in [-0.15, -0.1) is 0 Å². The summed E-state index contributed by atoms with van der Waals surface area (Å²) in [5.74, 6) is 0.217. The fourth-order valence-corrected chi connectivity index (χ4v) is 0.936. The lowest BCUT2D eigenvalue weighted by molar-refractivity contribution is 0.0286. The van der Waals surface area contributed by atoms with Gasteiger partial charge in [0.05, 0.1) is 0 Å². The smallest absolute Gasteiger partial charge is 0.410 e. The van der Waals surface area contributed by atoms with Crippen molar-refractivity contribution in [3.63, 3.8) is 0 Å². The van der Waals surface area contributed by atoms with Gasteiger partial charge in [-0.25, -0.2) is 4.79 Å². The van der Waals surface area contributed by atoms with Crippen molar-refractivity contribution in [2.24, 2.45) is 5.92 Å². The molecular weight excluding hydrogens is 194 g/mol. The lowest BCUT2D eigenvalue weighted by Crippen LogP contribution is -2.35. The molecule has 0 aliphatic rings. The molecule has 0 spiro atoms. The molecule has 1 atom stereocenters. The van der Waals surface area contributed by atoms with Gasteiger partial charge in [-0.1, -0.05) is 6.92 Å². The van der Waals surface area contributed by atoms with E-state index < -0.39 is 5.60 Å². The molecule has 0 heterocycles. The summed E-state index contributed by atoms with van der Waals surface area (Å²) < 4.78 is 5.19. The molecule has 4 heteroatoms. The number of hydrogen-bond acceptors (Lipinski definition) is 3. The van der Waals surface area contributed by atoms with Gasteiger partial charge in [0.2, 0.25) is 0 Å². The molecule has 0 saturated heterocycles. The molecule has 0 rings (SSSR count). The Labute approximate surface area is 92.2 Å². The predicted octanol–water partition coefficient (Wildman–Crippen LogP) is 1.87. The molecule has 1 N–H and O–H groups in total. The van der Waals surface area contributed by atoms with Gasteiger partial charge in [-0.05, 0) is 33.1 Å². The molecule has 0 aromatic heterocycles. The standard InChI is InChI=1S/C11H23NO3/c1-9(8-13)6-7-12(5)10(14)15-11(2,3)4/h9,13H,6-8H2,1-5H3. The van der Waals surface area contributed by atoms with Crippen molar-refractivity contribution in [2.75, 3.05) is 20.2 Å². The number of amides is 1. The first-order chi connectivity index (χ1) is 6.76. The third-order valence-electron chi connectivity index (χ3n) is 1.97. The molecule has 15 heavy (non-hydrogen) atoms. The van der Waals surface area contributed by atoms with Crippen LogP contribution in [0, 0.1) is 5.92 Å². The summed E-state index contributed by atoms with van der Waals surface area (Å²) in [5, 5.41) is 8.84. The zero-order valence-electron chi connectivity index (χ0n) is 10.4. The van der Waals surface area contributed by atoms with Gasteiger partial charge < -0.3 is 14.7 Å². The van der Waals surface area contributed by atoms with Crippen molar-refractivity contribution < 1.29 is 14.6 Å². The van der Waals surface area contributed by atoms with E-state index in [1.54, 1.807) is 7.05 Å². The van der Waals surface area contributed by atoms with Crippen LogP contribution in [0.15, 0.2) is 0 Å². The lowest BCUT2D eigenvalue weighted by Gasteiger charge is -2.25. The third kappa shape index (κ3) is 7.19. The number of nitrogens with zero attached hydrogens (tertiary/aromatic N) is 1. The van der Waals surface area contributed by atoms with E-state index in [1.807, 2.05) is 27.7 Å². The molecule has 0 radical (unpaired) electrons. The van der Waals surface area contributed by atoms with Crippen LogP contribution >= 0.6 is 0 Å². The third-order valence-corrected chi connectivity index (χ3v) is 1.97. The Balaban J connectivity index is 3.90. The number of rotatable bonds is 4. The van der Waals surface area contributed by atoms with Crippen LogP contribution in [0.5, 0.6) is 0 Å². The summed E-state index contributed by atoms with van der Waals surface area (Å²) in [6.07, 6.45) is 0.472. The predicted molar refractivity (Wildman–Crippen MR) is 59.7 cm³/mol. The van der Waals surface area contributed by atoms with E-state index in [-0.39, 0.29) is 18.6 Å². The number of carbonyl (C=O) groups is 1. The maximum Gasteiger partial charge on any atom is 0.410 e. The molecule has 0 fully saturated rings. The molecule has 1 amide bonds. The lowest BCUT2D eigenvalue weighted by atomic mass is 10.1. The average molecular weight is 217 g/mol. The van der Waals surface area contributed by atoms with Crippen molar-refractivity contribution >= 4 is 6.09 Å². The van der Waals surface area contributed by atoms with Crippen molar-refractivity contribution in [3.8, 4) is 0 Å². The fraction of sp³-hybridized carbons (Fsp3) is 0.909. The maximum atomic E-state index is 11.5. The van der Waals surface area contributed by atoms with Crippen LogP contribution in [0.4, 0.5) is 4.79 Å². The highest BCUT2D eigenvalue weighted by molar-refractivity contribution is 5.67. The quantitative estimate of drug-likeness (QED) is 0.782. The first-order valence-corrected chi connectivity index (χ1v) is 5.31. The average Bonchev–Trinajstić information content (AvgIpc) is 2.10. The molecule has 0 aliphatic carbocycles. The van der Waals surface area contributed by atoms with Crippen LogP contribution in [-0.2, 0) is 4.74 Å². The molecule has 0 bridgehead atoms. The highest BCUT2D eigenvalue weighted by Gasteiger charge is 2.19. The van der Waals surface area contributed by atoms with Crippen LogP contribution in [0.2, 0.25) is 0 Å². The van der Waals surface area contributed by atoms with Crippen LogP contribution in [-0.4, -0.2) is 41.9 Å². The van der Waals surface area contributed by atoms with E-state index in [9.17, 15) is 4.79 Å². The summed E-state index contributed by atoms with van der Waals surface area (Å²) >= 11 is 0. The van der Waals surface area contributed by atoms with Gasteiger partial charge in [-0.3, -0.25) is 0 Å². The van der Waals surface area contributed by atoms with Crippen molar-refractivity contribution in [2.45, 2.75) is 39.7 Å². The molecule has 90 valence electrons. The van der Waals surface area contributed by atoms with E-state index in [0.717, 1.165) is 6.42 Å². The number of hydrogen-bond donors (Lipinski definition) is 1. The summed E-state index contributed by atoms with van der Waals surface area (Å²) in [5.41, 5.74) is -0.450. The Morgan fingerprint density at radius 1 is 1.47 bits per heavy atom. The maximum absolute atomic E-state index is 11.5. The van der Waals surface area contributed by atoms with Gasteiger partial charge >= 0.3 is 6.09 Å². The summed E-state index contributed by atoms with van der Waals surface area (Å²) in [7, 11) is 1.71. The van der Waals surface area contributed by atoms with Crippen molar-refractivity contribution in [1.82, 2.24) is 4.90 Å². The molecule has 0 aromatic rings. The fourth-order valence-electron chi connectivity index (χ4n) is 0.936. The van der Waals surface area contributed by atoms with E-state index >= 15 is 0 Å². The zero-order chi connectivity index (χ0) is 12.1. The Hall–Kier alpha value is -0.770. The second-order valence-electron chi connectivity index (χ2n) is 4.98. The van der Waals surface area contributed by atoms with Gasteiger partial charge in [0.25, 0.3) is 0 Å². The van der Waals surface area contributed by atoms with Gasteiger partial charge in [0.1, 0.15) is 5.60 Å². The molecule has 4 nitrogen and oxygen atoms in total. The zero-order valence-corrected chi connectivity index (χ0v) is 10.4. The van der Waals surface area contributed by atoms with Crippen LogP contribution in [0.25, 0.3) is 0 Å². The summed E-state index contributed by atoms with van der Waals surface area (Å²) in [4.78, 5) is 13.0. The Morgan fingerprint density at radius 2 is 2.00 bits per heavy atom. The minimum atomic E-state index is -0.450. The van der Waals surface area contributed by atoms with E-state index in [1.165, 1.54) is 4.90 Å². The largest absolute Gasteiger partial charge is 0.444 e. The number of aliphatic hydroxyl groups is 1. The Kier molecular flexibility index (Phi) is 5.65. The molecular formula is C11H23NO3. The van der Waals surface area contributed by atoms with E-state index in [2.05, 4.69) is 0 Å². The summed E-state index contributed by atoms with van der Waals surface area (Å²) in [6, 6.07) is 0. The molecule has 0 aliphatic heterocycles. The van der Waals surface area contributed by atoms with Gasteiger partial charge in [-0.2, -0.15) is 0 Å². The molecule has 0 saturated carbocycles. The Bertz CT molecular complexity index is 198. The highest BCUT2D eigenvalue weighted by Crippen LogP contribution is 2.10. The van der Waals surface area contributed by atoms with E-state index in [4.69, 9.17) is 9.84 Å². The topological polar surface area (TPSA) is 49.8 Å². The first-order valence-electron chi connectivity index (χ1n) is 5.31. The van der Waals surface area contributed by atoms with Gasteiger partial charge in [0, 0.05) is 20.2 Å². The number of carbonyl (C=O) groups excluding carboxylic acids is 1. The van der Waals surface area contributed by atoms with Crippen molar-refractivity contribution in [1.29, 1.82) is 0 Å². The van der Waals surface area contributed by atoms with Crippen LogP contribution < -0.4 is 0 Å². The number of ether oxygens (including phenoxy) is 1. The molecule has 1 unspecified atom stereocenters. The normalized spacial score (nSPS) is 13.5. The Morgan fingerprint density at radius 3 is 2.40 bits per heavy atom. The van der Waals surface area contributed by atoms with E-state index in [0.29, 0.717) is 6.54 Å². The monoisotopic (exact) mass is 217 g/mol. The first kappa shape index (κ1) is 14.2. The minimum Gasteiger partial charge on any atom is -0.444 e. The van der Waals surface area contributed by atoms with Gasteiger partial charge in [0.15, 0.2) is 0 Å². The second kappa shape index (κ2) is 5.95. The van der Waals surface area contributed by atoms with Crippen molar-refractivity contribution in [3.05, 3.63) is 0 Å². The molecule has 0 aromatic carbocycles. The highest BCUT2D eigenvalue weighted by atomic mass is 16.6.